The van der Waals surface area contributed by atoms with Gasteiger partial charge in [-0.3, -0.25) is 4.79 Å². The zero-order valence-electron chi connectivity index (χ0n) is 13.0. The normalized spacial score (nSPS) is 10.2. The van der Waals surface area contributed by atoms with E-state index in [0.717, 1.165) is 11.3 Å². The zero-order valence-corrected chi connectivity index (χ0v) is 13.7. The topological polar surface area (TPSA) is 66.9 Å². The summed E-state index contributed by atoms with van der Waals surface area (Å²) in [6, 6.07) is 18.0. The molecule has 3 aromatic rings. The number of benzene rings is 2. The van der Waals surface area contributed by atoms with Crippen LogP contribution >= 0.6 is 11.6 Å². The molecule has 0 atom stereocenters. The Morgan fingerprint density at radius 3 is 2.33 bits per heavy atom. The fourth-order valence-electron chi connectivity index (χ4n) is 2.06. The molecule has 0 unspecified atom stereocenters. The molecule has 5 nitrogen and oxygen atoms in total. The van der Waals surface area contributed by atoms with E-state index >= 15 is 0 Å². The fraction of sp³-hybridized carbons (Fsp3) is 0.0556. The largest absolute Gasteiger partial charge is 0.339 e. The van der Waals surface area contributed by atoms with Crippen molar-refractivity contribution in [3.05, 3.63) is 76.8 Å². The van der Waals surface area contributed by atoms with Gasteiger partial charge in [0.05, 0.1) is 0 Å². The van der Waals surface area contributed by atoms with Gasteiger partial charge in [0.15, 0.2) is 11.6 Å². The highest BCUT2D eigenvalue weighted by Gasteiger charge is 2.07. The van der Waals surface area contributed by atoms with E-state index < -0.39 is 0 Å². The van der Waals surface area contributed by atoms with E-state index in [4.69, 9.17) is 11.6 Å². The van der Waals surface area contributed by atoms with Crippen molar-refractivity contribution in [3.63, 3.8) is 0 Å². The molecule has 120 valence electrons. The van der Waals surface area contributed by atoms with E-state index in [-0.39, 0.29) is 5.91 Å². The monoisotopic (exact) mass is 338 g/mol. The SMILES string of the molecule is Cc1ccc(Nc2ccc(NC(=O)c3ccccc3)nn2)cc1Cl. The van der Waals surface area contributed by atoms with Crippen LogP contribution in [0.25, 0.3) is 0 Å². The van der Waals surface area contributed by atoms with Gasteiger partial charge in [-0.25, -0.2) is 0 Å². The fourth-order valence-corrected chi connectivity index (χ4v) is 2.24. The molecule has 0 saturated heterocycles. The second-order valence-electron chi connectivity index (χ2n) is 5.21. The first-order valence-electron chi connectivity index (χ1n) is 7.35. The third kappa shape index (κ3) is 3.88. The molecule has 0 spiro atoms. The van der Waals surface area contributed by atoms with Crippen molar-refractivity contribution in [3.8, 4) is 0 Å². The third-order valence-electron chi connectivity index (χ3n) is 3.39. The van der Waals surface area contributed by atoms with Gasteiger partial charge in [0.25, 0.3) is 5.91 Å². The number of aryl methyl sites for hydroxylation is 1. The highest BCUT2D eigenvalue weighted by atomic mass is 35.5. The Balaban J connectivity index is 1.67. The number of rotatable bonds is 4. The molecule has 0 saturated carbocycles. The lowest BCUT2D eigenvalue weighted by atomic mass is 10.2. The van der Waals surface area contributed by atoms with Crippen molar-refractivity contribution in [1.29, 1.82) is 0 Å². The van der Waals surface area contributed by atoms with Crippen molar-refractivity contribution >= 4 is 34.8 Å². The van der Waals surface area contributed by atoms with Crippen LogP contribution in [-0.2, 0) is 0 Å². The van der Waals surface area contributed by atoms with E-state index in [0.29, 0.717) is 22.2 Å². The number of carbonyl (C=O) groups excluding carboxylic acids is 1. The molecule has 2 N–H and O–H groups in total. The minimum atomic E-state index is -0.226. The molecular weight excluding hydrogens is 324 g/mol. The number of amides is 1. The van der Waals surface area contributed by atoms with Crippen LogP contribution in [0.1, 0.15) is 15.9 Å². The smallest absolute Gasteiger partial charge is 0.256 e. The van der Waals surface area contributed by atoms with Crippen molar-refractivity contribution in [2.24, 2.45) is 0 Å². The molecule has 0 aliphatic carbocycles. The van der Waals surface area contributed by atoms with Crippen LogP contribution in [0, 0.1) is 6.92 Å². The Hall–Kier alpha value is -2.92. The van der Waals surface area contributed by atoms with E-state index in [9.17, 15) is 4.79 Å². The molecule has 0 fully saturated rings. The summed E-state index contributed by atoms with van der Waals surface area (Å²) in [5.74, 6) is 0.722. The molecule has 0 radical (unpaired) electrons. The standard InChI is InChI=1S/C18H15ClN4O/c1-12-7-8-14(11-15(12)19)20-16-9-10-17(23-22-16)21-18(24)13-5-3-2-4-6-13/h2-11H,1H3,(H,20,22)(H,21,23,24). The second-order valence-corrected chi connectivity index (χ2v) is 5.62. The van der Waals surface area contributed by atoms with Gasteiger partial charge in [0.1, 0.15) is 0 Å². The maximum Gasteiger partial charge on any atom is 0.256 e. The average molecular weight is 339 g/mol. The van der Waals surface area contributed by atoms with Gasteiger partial charge in [-0.1, -0.05) is 35.9 Å². The number of nitrogens with one attached hydrogen (secondary N) is 2. The lowest BCUT2D eigenvalue weighted by Gasteiger charge is -2.08. The lowest BCUT2D eigenvalue weighted by Crippen LogP contribution is -2.13. The first-order valence-corrected chi connectivity index (χ1v) is 7.73. The molecule has 2 aromatic carbocycles. The van der Waals surface area contributed by atoms with Crippen LogP contribution < -0.4 is 10.6 Å². The summed E-state index contributed by atoms with van der Waals surface area (Å²) in [6.07, 6.45) is 0. The minimum absolute atomic E-state index is 0.226. The molecule has 1 aromatic heterocycles. The third-order valence-corrected chi connectivity index (χ3v) is 3.79. The number of anilines is 3. The number of carbonyl (C=O) groups is 1. The van der Waals surface area contributed by atoms with Crippen molar-refractivity contribution in [2.75, 3.05) is 10.6 Å². The molecular formula is C18H15ClN4O. The maximum atomic E-state index is 12.1. The molecule has 3 rings (SSSR count). The molecule has 6 heteroatoms. The van der Waals surface area contributed by atoms with Crippen LogP contribution in [0.3, 0.4) is 0 Å². The maximum absolute atomic E-state index is 12.1. The van der Waals surface area contributed by atoms with Crippen LogP contribution in [0.2, 0.25) is 5.02 Å². The van der Waals surface area contributed by atoms with Gasteiger partial charge in [0, 0.05) is 16.3 Å². The molecule has 1 heterocycles. The summed E-state index contributed by atoms with van der Waals surface area (Å²) in [7, 11) is 0. The predicted molar refractivity (Wildman–Crippen MR) is 95.9 cm³/mol. The van der Waals surface area contributed by atoms with E-state index in [1.807, 2.05) is 31.2 Å². The highest BCUT2D eigenvalue weighted by molar-refractivity contribution is 6.31. The summed E-state index contributed by atoms with van der Waals surface area (Å²) in [5.41, 5.74) is 2.39. The first-order chi connectivity index (χ1) is 11.6. The van der Waals surface area contributed by atoms with Crippen molar-refractivity contribution in [1.82, 2.24) is 10.2 Å². The van der Waals surface area contributed by atoms with Crippen LogP contribution in [0.4, 0.5) is 17.3 Å². The number of hydrogen-bond donors (Lipinski definition) is 2. The van der Waals surface area contributed by atoms with Crippen molar-refractivity contribution in [2.45, 2.75) is 6.92 Å². The van der Waals surface area contributed by atoms with Gasteiger partial charge in [-0.2, -0.15) is 0 Å². The highest BCUT2D eigenvalue weighted by Crippen LogP contribution is 2.22. The summed E-state index contributed by atoms with van der Waals surface area (Å²) in [5, 5.41) is 14.6. The van der Waals surface area contributed by atoms with E-state index in [1.165, 1.54) is 0 Å². The van der Waals surface area contributed by atoms with Gasteiger partial charge in [-0.05, 0) is 48.9 Å². The second kappa shape index (κ2) is 7.10. The Bertz CT molecular complexity index is 851. The molecule has 0 aliphatic heterocycles. The average Bonchev–Trinajstić information content (AvgIpc) is 2.61. The lowest BCUT2D eigenvalue weighted by molar-refractivity contribution is 0.102. The number of aromatic nitrogens is 2. The molecule has 0 bridgehead atoms. The van der Waals surface area contributed by atoms with Gasteiger partial charge >= 0.3 is 0 Å². The Morgan fingerprint density at radius 2 is 1.67 bits per heavy atom. The molecule has 1 amide bonds. The number of hydrogen-bond acceptors (Lipinski definition) is 4. The first kappa shape index (κ1) is 16.0. The van der Waals surface area contributed by atoms with Crippen LogP contribution in [-0.4, -0.2) is 16.1 Å². The van der Waals surface area contributed by atoms with Crippen LogP contribution in [0.15, 0.2) is 60.7 Å². The number of nitrogens with zero attached hydrogens (tertiary/aromatic N) is 2. The minimum Gasteiger partial charge on any atom is -0.339 e. The molecule has 24 heavy (non-hydrogen) atoms. The Labute approximate surface area is 144 Å². The quantitative estimate of drug-likeness (QED) is 0.738. The van der Waals surface area contributed by atoms with Crippen molar-refractivity contribution < 1.29 is 4.79 Å². The zero-order chi connectivity index (χ0) is 16.9. The van der Waals surface area contributed by atoms with Crippen LogP contribution in [0.5, 0.6) is 0 Å². The summed E-state index contributed by atoms with van der Waals surface area (Å²) < 4.78 is 0. The van der Waals surface area contributed by atoms with Gasteiger partial charge in [-0.15, -0.1) is 10.2 Å². The Kier molecular flexibility index (Phi) is 4.72. The van der Waals surface area contributed by atoms with Gasteiger partial charge in [0.2, 0.25) is 0 Å². The van der Waals surface area contributed by atoms with E-state index in [2.05, 4.69) is 20.8 Å². The predicted octanol–water partition coefficient (Wildman–Crippen LogP) is 4.43. The van der Waals surface area contributed by atoms with E-state index in [1.54, 1.807) is 36.4 Å². The van der Waals surface area contributed by atoms with Gasteiger partial charge < -0.3 is 10.6 Å². The Morgan fingerprint density at radius 1 is 0.958 bits per heavy atom. The molecule has 0 aliphatic rings. The summed E-state index contributed by atoms with van der Waals surface area (Å²) >= 11 is 6.10. The number of halogens is 1. The summed E-state index contributed by atoms with van der Waals surface area (Å²) in [4.78, 5) is 12.1. The summed E-state index contributed by atoms with van der Waals surface area (Å²) in [6.45, 7) is 1.94.